The second-order valence-corrected chi connectivity index (χ2v) is 9.30. The van der Waals surface area contributed by atoms with Gasteiger partial charge in [0.2, 0.25) is 0 Å². The molecule has 4 N–H and O–H groups in total. The molecule has 3 aromatic carbocycles. The summed E-state index contributed by atoms with van der Waals surface area (Å²) in [5, 5.41) is 0. The number of ketones is 1. The van der Waals surface area contributed by atoms with Crippen LogP contribution in [0.1, 0.15) is 84.7 Å². The first-order valence-electron chi connectivity index (χ1n) is 14.1. The van der Waals surface area contributed by atoms with E-state index in [0.717, 1.165) is 37.0 Å². The number of carbonyl (C=O) groups is 3. The lowest BCUT2D eigenvalue weighted by Gasteiger charge is -2.08. The zero-order valence-electron chi connectivity index (χ0n) is 25.1. The number of unbranched alkanes of at least 4 members (excludes halogenated alkanes) is 3. The first-order chi connectivity index (χ1) is 20.3. The molecule has 0 saturated carbocycles. The van der Waals surface area contributed by atoms with E-state index < -0.39 is 5.97 Å². The summed E-state index contributed by atoms with van der Waals surface area (Å²) in [6.07, 6.45) is 8.76. The maximum absolute atomic E-state index is 12.7. The monoisotopic (exact) mass is 576 g/mol. The van der Waals surface area contributed by atoms with Gasteiger partial charge in [0.25, 0.3) is 6.47 Å². The lowest BCUT2D eigenvalue weighted by Crippen LogP contribution is -2.08. The third-order valence-electron chi connectivity index (χ3n) is 5.50. The number of anilines is 2. The van der Waals surface area contributed by atoms with Crippen molar-refractivity contribution < 1.29 is 28.6 Å². The van der Waals surface area contributed by atoms with E-state index in [1.807, 2.05) is 55.5 Å². The number of esters is 1. The van der Waals surface area contributed by atoms with Gasteiger partial charge in [0.15, 0.2) is 5.78 Å². The summed E-state index contributed by atoms with van der Waals surface area (Å²) in [6.45, 7) is 7.52. The van der Waals surface area contributed by atoms with Gasteiger partial charge in [-0.25, -0.2) is 4.79 Å². The molecule has 8 heteroatoms. The summed E-state index contributed by atoms with van der Waals surface area (Å²) in [5.74, 6) is 0.309. The Hall–Kier alpha value is -4.59. The van der Waals surface area contributed by atoms with Gasteiger partial charge in [-0.2, -0.15) is 0 Å². The highest BCUT2D eigenvalue weighted by Gasteiger charge is 2.10. The van der Waals surface area contributed by atoms with Crippen LogP contribution in [0.2, 0.25) is 0 Å². The molecule has 0 atom stereocenters. The van der Waals surface area contributed by atoms with Crippen LogP contribution in [0.4, 0.5) is 11.4 Å². The number of carbonyl (C=O) groups excluding carboxylic acids is 3. The number of hydrogen-bond acceptors (Lipinski definition) is 8. The van der Waals surface area contributed by atoms with Gasteiger partial charge in [0.05, 0.1) is 25.9 Å². The van der Waals surface area contributed by atoms with E-state index in [9.17, 15) is 9.59 Å². The van der Waals surface area contributed by atoms with Crippen molar-refractivity contribution in [2.75, 3.05) is 31.8 Å². The Morgan fingerprint density at radius 1 is 0.762 bits per heavy atom. The molecular weight excluding hydrogens is 532 g/mol. The molecule has 3 rings (SSSR count). The summed E-state index contributed by atoms with van der Waals surface area (Å²) < 4.78 is 14.9. The average Bonchev–Trinajstić information content (AvgIpc) is 2.99. The molecule has 0 heterocycles. The molecule has 0 aliphatic carbocycles. The Morgan fingerprint density at radius 2 is 1.26 bits per heavy atom. The zero-order valence-corrected chi connectivity index (χ0v) is 25.1. The van der Waals surface area contributed by atoms with E-state index in [1.165, 1.54) is 13.5 Å². The Labute approximate surface area is 249 Å². The third kappa shape index (κ3) is 14.2. The van der Waals surface area contributed by atoms with Crippen molar-refractivity contribution in [3.63, 3.8) is 0 Å². The van der Waals surface area contributed by atoms with E-state index in [2.05, 4.69) is 18.6 Å². The fourth-order valence-electron chi connectivity index (χ4n) is 3.60. The van der Waals surface area contributed by atoms with E-state index in [4.69, 9.17) is 25.7 Å². The molecule has 226 valence electrons. The summed E-state index contributed by atoms with van der Waals surface area (Å²) >= 11 is 0. The van der Waals surface area contributed by atoms with E-state index in [0.29, 0.717) is 47.8 Å². The Kier molecular flexibility index (Phi) is 17.9. The highest BCUT2D eigenvalue weighted by atomic mass is 16.5. The average molecular weight is 577 g/mol. The van der Waals surface area contributed by atoms with Crippen LogP contribution in [0, 0.1) is 0 Å². The minimum absolute atomic E-state index is 0.0107. The lowest BCUT2D eigenvalue weighted by molar-refractivity contribution is -0.126. The van der Waals surface area contributed by atoms with Crippen LogP contribution >= 0.6 is 0 Å². The number of nitrogens with two attached hydrogens (primary N) is 2. The van der Waals surface area contributed by atoms with Crippen molar-refractivity contribution in [2.24, 2.45) is 0 Å². The first kappa shape index (κ1) is 35.4. The molecule has 0 aromatic heterocycles. The quantitative estimate of drug-likeness (QED) is 0.0723. The highest BCUT2D eigenvalue weighted by Crippen LogP contribution is 2.18. The van der Waals surface area contributed by atoms with Gasteiger partial charge >= 0.3 is 5.97 Å². The number of rotatable bonds is 13. The van der Waals surface area contributed by atoms with Crippen LogP contribution in [0.25, 0.3) is 6.08 Å². The Balaban J connectivity index is 0.00000114. The van der Waals surface area contributed by atoms with Crippen LogP contribution in [0.3, 0.4) is 0 Å². The minimum Gasteiger partial charge on any atom is -0.494 e. The molecule has 0 unspecified atom stereocenters. The Morgan fingerprint density at radius 3 is 1.76 bits per heavy atom. The molecule has 8 nitrogen and oxygen atoms in total. The number of methoxy groups -OCH3 is 1. The molecular formula is C34H44N2O6. The molecule has 0 saturated heterocycles. The lowest BCUT2D eigenvalue weighted by atomic mass is 10.0. The van der Waals surface area contributed by atoms with Crippen molar-refractivity contribution >= 4 is 35.7 Å². The van der Waals surface area contributed by atoms with Gasteiger partial charge in [-0.05, 0) is 80.6 Å². The normalized spacial score (nSPS) is 10.0. The van der Waals surface area contributed by atoms with Gasteiger partial charge in [-0.3, -0.25) is 9.59 Å². The third-order valence-corrected chi connectivity index (χ3v) is 5.50. The predicted molar refractivity (Wildman–Crippen MR) is 170 cm³/mol. The van der Waals surface area contributed by atoms with Crippen LogP contribution in [0.5, 0.6) is 5.75 Å². The van der Waals surface area contributed by atoms with E-state index >= 15 is 0 Å². The maximum atomic E-state index is 12.7. The smallest absolute Gasteiger partial charge is 0.338 e. The number of allylic oxidation sites excluding steroid dienone is 1. The summed E-state index contributed by atoms with van der Waals surface area (Å²) in [4.78, 5) is 33.7. The molecule has 0 amide bonds. The summed E-state index contributed by atoms with van der Waals surface area (Å²) in [6, 6.07) is 19.5. The molecule has 42 heavy (non-hydrogen) atoms. The number of hydrogen-bond donors (Lipinski definition) is 2. The second-order valence-electron chi connectivity index (χ2n) is 9.30. The molecule has 0 aliphatic heterocycles. The van der Waals surface area contributed by atoms with Gasteiger partial charge in [-0.15, -0.1) is 0 Å². The van der Waals surface area contributed by atoms with Crippen molar-refractivity contribution in [3.8, 4) is 5.75 Å². The minimum atomic E-state index is -0.417. The topological polar surface area (TPSA) is 131 Å². The maximum Gasteiger partial charge on any atom is 0.338 e. The number of benzene rings is 3. The van der Waals surface area contributed by atoms with Gasteiger partial charge < -0.3 is 25.7 Å². The number of nitrogen functional groups attached to an aromatic ring is 2. The van der Waals surface area contributed by atoms with E-state index in [-0.39, 0.29) is 5.78 Å². The van der Waals surface area contributed by atoms with Gasteiger partial charge in [0.1, 0.15) is 5.75 Å². The van der Waals surface area contributed by atoms with E-state index in [1.54, 1.807) is 30.3 Å². The SMILES string of the molecule is C/C=C/c1ccc(C(=O)c2ccc(OCCCCCCOC(=O)c3cc(N)cc(N)c3)cc2)cc1.CCC.COC=O. The summed E-state index contributed by atoms with van der Waals surface area (Å²) in [5.41, 5.74) is 15.0. The first-order valence-corrected chi connectivity index (χ1v) is 14.1. The van der Waals surface area contributed by atoms with Crippen LogP contribution in [-0.2, 0) is 14.3 Å². The molecule has 0 radical (unpaired) electrons. The second kappa shape index (κ2) is 21.2. The number of ether oxygens (including phenoxy) is 3. The summed E-state index contributed by atoms with van der Waals surface area (Å²) in [7, 11) is 1.31. The molecule has 0 spiro atoms. The predicted octanol–water partition coefficient (Wildman–Crippen LogP) is 7.12. The molecule has 0 aliphatic rings. The van der Waals surface area contributed by atoms with Gasteiger partial charge in [0, 0.05) is 22.5 Å². The molecule has 3 aromatic rings. The van der Waals surface area contributed by atoms with Crippen LogP contribution in [0.15, 0.2) is 72.8 Å². The Bertz CT molecular complexity index is 1220. The molecule has 0 bridgehead atoms. The van der Waals surface area contributed by atoms with Crippen molar-refractivity contribution in [1.29, 1.82) is 0 Å². The van der Waals surface area contributed by atoms with Crippen LogP contribution < -0.4 is 16.2 Å². The van der Waals surface area contributed by atoms with Crippen LogP contribution in [-0.4, -0.2) is 38.5 Å². The standard InChI is InChI=1S/C29H32N2O4.C3H8.C2H4O2/c1-2-7-21-8-10-22(11-9-21)28(32)23-12-14-27(15-13-23)34-16-5-3-4-6-17-35-29(33)24-18-25(30)20-26(31)19-24;1-3-2;1-4-2-3/h2,7-15,18-20H,3-6,16-17,30-31H2,1H3;3H2,1-2H3;2H,1H3/b7-2+;;. The van der Waals surface area contributed by atoms with Gasteiger partial charge in [-0.1, -0.05) is 56.7 Å². The zero-order chi connectivity index (χ0) is 31.2. The van der Waals surface area contributed by atoms with Crippen molar-refractivity contribution in [3.05, 3.63) is 95.1 Å². The fourth-order valence-corrected chi connectivity index (χ4v) is 3.60. The largest absolute Gasteiger partial charge is 0.494 e. The highest BCUT2D eigenvalue weighted by molar-refractivity contribution is 6.09. The van der Waals surface area contributed by atoms with Crippen molar-refractivity contribution in [1.82, 2.24) is 0 Å². The molecule has 0 fully saturated rings. The fraction of sp³-hybridized carbons (Fsp3) is 0.324. The van der Waals surface area contributed by atoms with Crippen molar-refractivity contribution in [2.45, 2.75) is 52.9 Å².